The van der Waals surface area contributed by atoms with Gasteiger partial charge in [-0.3, -0.25) is 14.4 Å². The summed E-state index contributed by atoms with van der Waals surface area (Å²) in [5, 5.41) is 6.24. The lowest BCUT2D eigenvalue weighted by Crippen LogP contribution is -2.30. The third-order valence-electron chi connectivity index (χ3n) is 6.40. The molecular formula is C33H27F4N3O5S. The van der Waals surface area contributed by atoms with Crippen molar-refractivity contribution in [3.63, 3.8) is 0 Å². The van der Waals surface area contributed by atoms with Crippen molar-refractivity contribution in [3.05, 3.63) is 119 Å². The topological polar surface area (TPSA) is 106 Å². The van der Waals surface area contributed by atoms with Crippen LogP contribution in [0.25, 0.3) is 6.08 Å². The van der Waals surface area contributed by atoms with Crippen LogP contribution < -0.4 is 25.4 Å². The zero-order valence-corrected chi connectivity index (χ0v) is 25.4. The highest BCUT2D eigenvalue weighted by Gasteiger charge is 2.24. The van der Waals surface area contributed by atoms with Gasteiger partial charge in [0.25, 0.3) is 11.8 Å². The van der Waals surface area contributed by atoms with E-state index in [9.17, 15) is 31.9 Å². The number of hydrogen-bond acceptors (Lipinski definition) is 6. The normalized spacial score (nSPS) is 11.8. The Morgan fingerprint density at radius 2 is 1.48 bits per heavy atom. The summed E-state index contributed by atoms with van der Waals surface area (Å²) < 4.78 is 66.0. The summed E-state index contributed by atoms with van der Waals surface area (Å²) in [6.45, 7) is 1.41. The number of amides is 3. The molecule has 238 valence electrons. The van der Waals surface area contributed by atoms with Gasteiger partial charge < -0.3 is 25.4 Å². The third-order valence-corrected chi connectivity index (χ3v) is 7.49. The van der Waals surface area contributed by atoms with Gasteiger partial charge in [-0.1, -0.05) is 36.4 Å². The average Bonchev–Trinajstić information content (AvgIpc) is 3.05. The summed E-state index contributed by atoms with van der Waals surface area (Å²) in [6.07, 6.45) is 1.43. The van der Waals surface area contributed by atoms with Crippen LogP contribution in [0.4, 0.5) is 28.9 Å². The van der Waals surface area contributed by atoms with Gasteiger partial charge in [0.2, 0.25) is 5.91 Å². The fourth-order valence-corrected chi connectivity index (χ4v) is 5.06. The molecule has 0 aliphatic rings. The molecule has 0 aromatic heterocycles. The summed E-state index contributed by atoms with van der Waals surface area (Å²) in [6, 6.07) is 19.6. The van der Waals surface area contributed by atoms with Crippen LogP contribution in [0.3, 0.4) is 0 Å². The molecule has 0 aliphatic carbocycles. The fourth-order valence-electron chi connectivity index (χ4n) is 4.13. The number of benzene rings is 4. The van der Waals surface area contributed by atoms with Crippen LogP contribution in [0.5, 0.6) is 11.5 Å². The molecule has 1 atom stereocenters. The van der Waals surface area contributed by atoms with Gasteiger partial charge in [-0.05, 0) is 49.4 Å². The lowest BCUT2D eigenvalue weighted by Gasteiger charge is -2.15. The number of halogens is 4. The van der Waals surface area contributed by atoms with Crippen LogP contribution in [0.15, 0.2) is 89.5 Å². The van der Waals surface area contributed by atoms with Gasteiger partial charge in [-0.2, -0.15) is 0 Å². The van der Waals surface area contributed by atoms with Gasteiger partial charge >= 0.3 is 0 Å². The van der Waals surface area contributed by atoms with E-state index in [0.29, 0.717) is 27.5 Å². The van der Waals surface area contributed by atoms with E-state index in [4.69, 9.17) is 9.47 Å². The second kappa shape index (κ2) is 15.1. The molecule has 3 amide bonds. The van der Waals surface area contributed by atoms with Gasteiger partial charge in [-0.15, -0.1) is 11.8 Å². The van der Waals surface area contributed by atoms with Crippen molar-refractivity contribution in [2.24, 2.45) is 0 Å². The van der Waals surface area contributed by atoms with Gasteiger partial charge in [-0.25, -0.2) is 17.6 Å². The highest BCUT2D eigenvalue weighted by atomic mass is 32.2. The highest BCUT2D eigenvalue weighted by molar-refractivity contribution is 8.00. The van der Waals surface area contributed by atoms with Crippen LogP contribution in [-0.4, -0.2) is 37.2 Å². The fraction of sp³-hybridized carbons (Fsp3) is 0.121. The van der Waals surface area contributed by atoms with E-state index in [1.54, 1.807) is 66.7 Å². The Balaban J connectivity index is 1.55. The quantitative estimate of drug-likeness (QED) is 0.0713. The van der Waals surface area contributed by atoms with Crippen molar-refractivity contribution in [2.45, 2.75) is 17.1 Å². The molecule has 0 fully saturated rings. The van der Waals surface area contributed by atoms with Crippen LogP contribution in [-0.2, 0) is 9.59 Å². The molecule has 3 N–H and O–H groups in total. The van der Waals surface area contributed by atoms with Gasteiger partial charge in [0.05, 0.1) is 19.5 Å². The first-order valence-corrected chi connectivity index (χ1v) is 14.4. The number of para-hydroxylation sites is 1. The van der Waals surface area contributed by atoms with E-state index in [1.807, 2.05) is 5.32 Å². The number of thioether (sulfide) groups is 1. The van der Waals surface area contributed by atoms with Crippen molar-refractivity contribution < 1.29 is 41.4 Å². The van der Waals surface area contributed by atoms with Gasteiger partial charge in [0.1, 0.15) is 11.4 Å². The Hall–Kier alpha value is -5.30. The molecule has 0 saturated heterocycles. The number of anilines is 2. The molecule has 1 unspecified atom stereocenters. The molecule has 46 heavy (non-hydrogen) atoms. The number of carbonyl (C=O) groups excluding carboxylic acids is 3. The molecule has 13 heteroatoms. The molecule has 0 bridgehead atoms. The lowest BCUT2D eigenvalue weighted by atomic mass is 10.1. The van der Waals surface area contributed by atoms with Crippen molar-refractivity contribution in [3.8, 4) is 11.5 Å². The van der Waals surface area contributed by atoms with E-state index < -0.39 is 51.9 Å². The highest BCUT2D eigenvalue weighted by Crippen LogP contribution is 2.33. The molecule has 0 saturated carbocycles. The first-order chi connectivity index (χ1) is 22.0. The van der Waals surface area contributed by atoms with Crippen LogP contribution >= 0.6 is 11.8 Å². The maximum Gasteiger partial charge on any atom is 0.272 e. The maximum absolute atomic E-state index is 14.0. The van der Waals surface area contributed by atoms with Crippen molar-refractivity contribution >= 4 is 46.9 Å². The zero-order chi connectivity index (χ0) is 33.4. The van der Waals surface area contributed by atoms with Crippen LogP contribution in [0.1, 0.15) is 22.8 Å². The predicted molar refractivity (Wildman–Crippen MR) is 167 cm³/mol. The molecule has 0 heterocycles. The Kier molecular flexibility index (Phi) is 11.0. The number of nitrogens with one attached hydrogen (secondary N) is 3. The molecule has 4 aromatic carbocycles. The number of carbonyl (C=O) groups is 3. The number of methoxy groups -OCH3 is 2. The SMILES string of the molecule is COc1cccc(/C=C(/NC(=O)c2ccccc2)C(=O)Nc2cccc(SC(C)C(=O)Nc3c(F)c(F)cc(F)c3F)c2)c1OC. The zero-order valence-electron chi connectivity index (χ0n) is 24.6. The van der Waals surface area contributed by atoms with Crippen LogP contribution in [0, 0.1) is 23.3 Å². The van der Waals surface area contributed by atoms with Gasteiger partial charge in [0, 0.05) is 27.8 Å². The summed E-state index contributed by atoms with van der Waals surface area (Å²) in [4.78, 5) is 39.6. The molecule has 0 aliphatic heterocycles. The molecule has 4 rings (SSSR count). The Labute approximate surface area is 265 Å². The number of hydrogen-bond donors (Lipinski definition) is 3. The van der Waals surface area contributed by atoms with Crippen LogP contribution in [0.2, 0.25) is 0 Å². The Morgan fingerprint density at radius 3 is 2.13 bits per heavy atom. The minimum atomic E-state index is -1.73. The molecule has 4 aromatic rings. The van der Waals surface area contributed by atoms with E-state index in [1.165, 1.54) is 33.3 Å². The summed E-state index contributed by atoms with van der Waals surface area (Å²) in [7, 11) is 2.90. The molecule has 0 spiro atoms. The third kappa shape index (κ3) is 8.04. The predicted octanol–water partition coefficient (Wildman–Crippen LogP) is 6.79. The van der Waals surface area contributed by atoms with E-state index in [0.717, 1.165) is 11.8 Å². The lowest BCUT2D eigenvalue weighted by molar-refractivity contribution is -0.115. The average molecular weight is 654 g/mol. The van der Waals surface area contributed by atoms with Crippen molar-refractivity contribution in [1.29, 1.82) is 0 Å². The Bertz CT molecular complexity index is 1780. The largest absolute Gasteiger partial charge is 0.493 e. The second-order valence-corrected chi connectivity index (χ2v) is 10.9. The van der Waals surface area contributed by atoms with E-state index in [2.05, 4.69) is 10.6 Å². The first kappa shape index (κ1) is 33.6. The van der Waals surface area contributed by atoms with Gasteiger partial charge in [0.15, 0.2) is 34.8 Å². The minimum Gasteiger partial charge on any atom is -0.493 e. The Morgan fingerprint density at radius 1 is 0.804 bits per heavy atom. The molecular weight excluding hydrogens is 626 g/mol. The summed E-state index contributed by atoms with van der Waals surface area (Å²) in [5.41, 5.74) is -0.330. The van der Waals surface area contributed by atoms with Crippen molar-refractivity contribution in [2.75, 3.05) is 24.9 Å². The molecule has 0 radical (unpaired) electrons. The second-order valence-electron chi connectivity index (χ2n) is 9.54. The first-order valence-electron chi connectivity index (χ1n) is 13.5. The smallest absolute Gasteiger partial charge is 0.272 e. The van der Waals surface area contributed by atoms with E-state index >= 15 is 0 Å². The maximum atomic E-state index is 14.0. The summed E-state index contributed by atoms with van der Waals surface area (Å²) in [5.74, 6) is -8.21. The summed E-state index contributed by atoms with van der Waals surface area (Å²) >= 11 is 0.950. The number of rotatable bonds is 11. The monoisotopic (exact) mass is 653 g/mol. The van der Waals surface area contributed by atoms with Crippen molar-refractivity contribution in [1.82, 2.24) is 5.32 Å². The standard InChI is InChI=1S/C33H27F4N3O5S/c1-18(31(41)40-29-27(36)23(34)17-24(35)28(29)37)46-22-13-8-12-21(16-22)38-33(43)25(39-32(42)19-9-5-4-6-10-19)15-20-11-7-14-26(44-2)30(20)45-3/h4-18H,1-3H3,(H,38,43)(H,39,42)(H,40,41)/b25-15+. The van der Waals surface area contributed by atoms with E-state index in [-0.39, 0.29) is 17.5 Å². The molecule has 8 nitrogen and oxygen atoms in total. The minimum absolute atomic E-state index is 0.0409. The number of ether oxygens (including phenoxy) is 2.